The van der Waals surface area contributed by atoms with E-state index >= 15 is 0 Å². The smallest absolute Gasteiger partial charge is 0.207 e. The maximum absolute atomic E-state index is 10.1. The summed E-state index contributed by atoms with van der Waals surface area (Å²) in [7, 11) is 0. The van der Waals surface area contributed by atoms with Gasteiger partial charge >= 0.3 is 0 Å². The zero-order valence-electron chi connectivity index (χ0n) is 9.53. The van der Waals surface area contributed by atoms with Crippen LogP contribution < -0.4 is 5.32 Å². The van der Waals surface area contributed by atoms with Crippen molar-refractivity contribution in [1.82, 2.24) is 5.32 Å². The fourth-order valence-electron chi connectivity index (χ4n) is 1.70. The molecule has 1 N–H and O–H groups in total. The van der Waals surface area contributed by atoms with Crippen molar-refractivity contribution in [1.29, 1.82) is 0 Å². The molecule has 0 aromatic heterocycles. The van der Waals surface area contributed by atoms with E-state index in [0.29, 0.717) is 18.4 Å². The highest BCUT2D eigenvalue weighted by Gasteiger charge is 2.20. The second-order valence-corrected chi connectivity index (χ2v) is 4.12. The van der Waals surface area contributed by atoms with E-state index in [1.807, 2.05) is 0 Å². The molecule has 0 aliphatic carbocycles. The maximum Gasteiger partial charge on any atom is 0.207 e. The first-order chi connectivity index (χ1) is 7.27. The SMILES string of the molecule is CCC1CON=C(C(C)CCNC=O)C1. The van der Waals surface area contributed by atoms with Gasteiger partial charge in [-0.3, -0.25) is 4.79 Å². The van der Waals surface area contributed by atoms with Crippen LogP contribution in [-0.4, -0.2) is 25.3 Å². The van der Waals surface area contributed by atoms with Gasteiger partial charge in [-0.15, -0.1) is 0 Å². The molecule has 4 nitrogen and oxygen atoms in total. The van der Waals surface area contributed by atoms with E-state index in [1.165, 1.54) is 0 Å². The Hall–Kier alpha value is -1.06. The van der Waals surface area contributed by atoms with Crippen LogP contribution in [0.2, 0.25) is 0 Å². The van der Waals surface area contributed by atoms with Crippen LogP contribution in [0.5, 0.6) is 0 Å². The van der Waals surface area contributed by atoms with Gasteiger partial charge in [-0.25, -0.2) is 0 Å². The highest BCUT2D eigenvalue weighted by atomic mass is 16.6. The number of nitrogens with one attached hydrogen (secondary N) is 1. The minimum absolute atomic E-state index is 0.395. The summed E-state index contributed by atoms with van der Waals surface area (Å²) in [6.45, 7) is 5.77. The quantitative estimate of drug-likeness (QED) is 0.536. The Balaban J connectivity index is 2.34. The van der Waals surface area contributed by atoms with Crippen molar-refractivity contribution in [3.63, 3.8) is 0 Å². The van der Waals surface area contributed by atoms with E-state index in [1.54, 1.807) is 0 Å². The molecule has 2 atom stereocenters. The number of carbonyl (C=O) groups is 1. The number of oxime groups is 1. The summed E-state index contributed by atoms with van der Waals surface area (Å²) < 4.78 is 0. The lowest BCUT2D eigenvalue weighted by atomic mass is 9.91. The molecular weight excluding hydrogens is 192 g/mol. The topological polar surface area (TPSA) is 50.7 Å². The van der Waals surface area contributed by atoms with Crippen LogP contribution in [0.1, 0.15) is 33.1 Å². The number of hydrogen-bond acceptors (Lipinski definition) is 3. The largest absolute Gasteiger partial charge is 0.396 e. The van der Waals surface area contributed by atoms with Gasteiger partial charge < -0.3 is 10.2 Å². The Morgan fingerprint density at radius 2 is 2.53 bits per heavy atom. The average Bonchev–Trinajstić information content (AvgIpc) is 2.29. The highest BCUT2D eigenvalue weighted by Crippen LogP contribution is 2.20. The summed E-state index contributed by atoms with van der Waals surface area (Å²) in [5.74, 6) is 1.01. The molecule has 0 aromatic rings. The lowest BCUT2D eigenvalue weighted by molar-refractivity contribution is -0.109. The molecule has 2 unspecified atom stereocenters. The Kier molecular flexibility index (Phi) is 5.15. The van der Waals surface area contributed by atoms with E-state index < -0.39 is 0 Å². The Morgan fingerprint density at radius 1 is 1.73 bits per heavy atom. The van der Waals surface area contributed by atoms with Crippen LogP contribution in [0.3, 0.4) is 0 Å². The average molecular weight is 212 g/mol. The molecule has 0 bridgehead atoms. The predicted molar refractivity (Wildman–Crippen MR) is 59.6 cm³/mol. The number of amides is 1. The van der Waals surface area contributed by atoms with Gasteiger partial charge in [-0.2, -0.15) is 0 Å². The second kappa shape index (κ2) is 6.43. The third-order valence-electron chi connectivity index (χ3n) is 2.94. The van der Waals surface area contributed by atoms with E-state index in [0.717, 1.165) is 38.0 Å². The predicted octanol–water partition coefficient (Wildman–Crippen LogP) is 1.56. The van der Waals surface area contributed by atoms with Crippen LogP contribution >= 0.6 is 0 Å². The maximum atomic E-state index is 10.1. The van der Waals surface area contributed by atoms with Crippen molar-refractivity contribution in [3.8, 4) is 0 Å². The van der Waals surface area contributed by atoms with Crippen LogP contribution in [0.4, 0.5) is 0 Å². The van der Waals surface area contributed by atoms with Crippen LogP contribution in [0.15, 0.2) is 5.16 Å². The first-order valence-electron chi connectivity index (χ1n) is 5.63. The standard InChI is InChI=1S/C11H20N2O2/c1-3-10-6-11(13-15-7-10)9(2)4-5-12-8-14/h8-10H,3-7H2,1-2H3,(H,12,14). The third-order valence-corrected chi connectivity index (χ3v) is 2.94. The molecule has 86 valence electrons. The van der Waals surface area contributed by atoms with E-state index in [4.69, 9.17) is 4.84 Å². The molecule has 0 saturated heterocycles. The Bertz CT molecular complexity index is 229. The number of carbonyl (C=O) groups excluding carboxylic acids is 1. The molecule has 1 aliphatic heterocycles. The summed E-state index contributed by atoms with van der Waals surface area (Å²) in [4.78, 5) is 15.3. The van der Waals surface area contributed by atoms with E-state index in [-0.39, 0.29) is 0 Å². The molecule has 1 heterocycles. The highest BCUT2D eigenvalue weighted by molar-refractivity contribution is 5.86. The van der Waals surface area contributed by atoms with Crippen molar-refractivity contribution < 1.29 is 9.63 Å². The van der Waals surface area contributed by atoms with Crippen molar-refractivity contribution in [2.24, 2.45) is 17.0 Å². The molecule has 0 fully saturated rings. The van der Waals surface area contributed by atoms with Gasteiger partial charge in [0, 0.05) is 12.5 Å². The molecule has 0 radical (unpaired) electrons. The summed E-state index contributed by atoms with van der Waals surface area (Å²) >= 11 is 0. The molecule has 15 heavy (non-hydrogen) atoms. The molecule has 1 aliphatic rings. The monoisotopic (exact) mass is 212 g/mol. The summed E-state index contributed by atoms with van der Waals surface area (Å²) in [6.07, 6.45) is 3.84. The Labute approximate surface area is 91.1 Å². The van der Waals surface area contributed by atoms with E-state index in [9.17, 15) is 4.79 Å². The molecule has 4 heteroatoms. The molecule has 1 amide bonds. The number of hydrogen-bond donors (Lipinski definition) is 1. The lowest BCUT2D eigenvalue weighted by Crippen LogP contribution is -2.26. The first kappa shape index (κ1) is 12.0. The van der Waals surface area contributed by atoms with Gasteiger partial charge in [0.2, 0.25) is 6.41 Å². The van der Waals surface area contributed by atoms with Crippen molar-refractivity contribution in [3.05, 3.63) is 0 Å². The zero-order chi connectivity index (χ0) is 11.1. The van der Waals surface area contributed by atoms with Crippen molar-refractivity contribution >= 4 is 12.1 Å². The van der Waals surface area contributed by atoms with Gasteiger partial charge in [0.05, 0.1) is 5.71 Å². The van der Waals surface area contributed by atoms with Crippen molar-refractivity contribution in [2.75, 3.05) is 13.2 Å². The second-order valence-electron chi connectivity index (χ2n) is 4.12. The van der Waals surface area contributed by atoms with Gasteiger partial charge in [-0.1, -0.05) is 19.0 Å². The molecule has 1 rings (SSSR count). The number of nitrogens with zero attached hydrogens (tertiary/aromatic N) is 1. The van der Waals surface area contributed by atoms with Crippen LogP contribution in [0.25, 0.3) is 0 Å². The fourth-order valence-corrected chi connectivity index (χ4v) is 1.70. The zero-order valence-corrected chi connectivity index (χ0v) is 9.53. The van der Waals surface area contributed by atoms with Gasteiger partial charge in [0.1, 0.15) is 6.61 Å². The summed E-state index contributed by atoms with van der Waals surface area (Å²) in [6, 6.07) is 0. The summed E-state index contributed by atoms with van der Waals surface area (Å²) in [5, 5.41) is 6.77. The minimum atomic E-state index is 0.395. The fraction of sp³-hybridized carbons (Fsp3) is 0.818. The van der Waals surface area contributed by atoms with Gasteiger partial charge in [-0.05, 0) is 25.2 Å². The molecule has 0 aromatic carbocycles. The molecule has 0 spiro atoms. The van der Waals surface area contributed by atoms with Gasteiger partial charge in [0.25, 0.3) is 0 Å². The summed E-state index contributed by atoms with van der Waals surface area (Å²) in [5.41, 5.74) is 1.14. The third kappa shape index (κ3) is 3.90. The number of rotatable bonds is 6. The minimum Gasteiger partial charge on any atom is -0.396 e. The normalized spacial score (nSPS) is 22.5. The lowest BCUT2D eigenvalue weighted by Gasteiger charge is -2.23. The first-order valence-corrected chi connectivity index (χ1v) is 5.63. The van der Waals surface area contributed by atoms with Gasteiger partial charge in [0.15, 0.2) is 0 Å². The molecular formula is C11H20N2O2. The van der Waals surface area contributed by atoms with Crippen molar-refractivity contribution in [2.45, 2.75) is 33.1 Å². The van der Waals surface area contributed by atoms with Crippen LogP contribution in [0, 0.1) is 11.8 Å². The Morgan fingerprint density at radius 3 is 3.20 bits per heavy atom. The van der Waals surface area contributed by atoms with E-state index in [2.05, 4.69) is 24.3 Å². The van der Waals surface area contributed by atoms with Crippen LogP contribution in [-0.2, 0) is 9.63 Å². The molecule has 0 saturated carbocycles.